The number of benzene rings is 1. The van der Waals surface area contributed by atoms with Gasteiger partial charge >= 0.3 is 0 Å². The molecule has 4 N–H and O–H groups in total. The number of hydrogen-bond donors (Lipinski definition) is 3. The summed E-state index contributed by atoms with van der Waals surface area (Å²) in [6.45, 7) is 6.14. The van der Waals surface area contributed by atoms with E-state index in [9.17, 15) is 0 Å². The predicted molar refractivity (Wildman–Crippen MR) is 71.4 cm³/mol. The van der Waals surface area contributed by atoms with E-state index in [-0.39, 0.29) is 18.8 Å². The average molecular weight is 238 g/mol. The minimum atomic E-state index is 0.125. The zero-order valence-electron chi connectivity index (χ0n) is 10.7. The highest BCUT2D eigenvalue weighted by Gasteiger charge is 2.05. The van der Waals surface area contributed by atoms with Crippen molar-refractivity contribution in [2.75, 3.05) is 17.7 Å². The van der Waals surface area contributed by atoms with Gasteiger partial charge in [-0.3, -0.25) is 0 Å². The van der Waals surface area contributed by atoms with Crippen molar-refractivity contribution in [2.45, 2.75) is 39.3 Å². The Labute approximate surface area is 103 Å². The summed E-state index contributed by atoms with van der Waals surface area (Å²) in [6.07, 6.45) is 0.828. The minimum Gasteiger partial charge on any atom is -0.491 e. The standard InChI is InChI=1S/C13H22N2O2/c1-9(2)17-13-7-11(14)6-12(8-13)15-10(3)4-5-16/h6-10,15-16H,4-5,14H2,1-3H3. The van der Waals surface area contributed by atoms with Gasteiger partial charge in [-0.05, 0) is 33.3 Å². The molecule has 0 fully saturated rings. The zero-order valence-corrected chi connectivity index (χ0v) is 10.7. The molecule has 0 amide bonds. The van der Waals surface area contributed by atoms with Gasteiger partial charge in [0.15, 0.2) is 0 Å². The van der Waals surface area contributed by atoms with Gasteiger partial charge in [-0.25, -0.2) is 0 Å². The van der Waals surface area contributed by atoms with E-state index in [1.807, 2.05) is 39.0 Å². The molecule has 4 heteroatoms. The number of ether oxygens (including phenoxy) is 1. The molecule has 1 rings (SSSR count). The van der Waals surface area contributed by atoms with Crippen molar-refractivity contribution >= 4 is 11.4 Å². The van der Waals surface area contributed by atoms with Gasteiger partial charge < -0.3 is 20.9 Å². The highest BCUT2D eigenvalue weighted by molar-refractivity contribution is 5.59. The summed E-state index contributed by atoms with van der Waals surface area (Å²) in [5.41, 5.74) is 7.40. The lowest BCUT2D eigenvalue weighted by Gasteiger charge is -2.16. The SMILES string of the molecule is CC(CCO)Nc1cc(N)cc(OC(C)C)c1. The largest absolute Gasteiger partial charge is 0.491 e. The minimum absolute atomic E-state index is 0.125. The van der Waals surface area contributed by atoms with Crippen LogP contribution in [0.15, 0.2) is 18.2 Å². The zero-order chi connectivity index (χ0) is 12.8. The number of aliphatic hydroxyl groups excluding tert-OH is 1. The topological polar surface area (TPSA) is 67.5 Å². The van der Waals surface area contributed by atoms with E-state index in [0.29, 0.717) is 12.1 Å². The van der Waals surface area contributed by atoms with Crippen molar-refractivity contribution in [3.05, 3.63) is 18.2 Å². The third kappa shape index (κ3) is 4.95. The number of anilines is 2. The molecule has 1 aromatic rings. The quantitative estimate of drug-likeness (QED) is 0.665. The Kier molecular flexibility index (Phi) is 5.10. The molecule has 0 heterocycles. The van der Waals surface area contributed by atoms with Crippen LogP contribution in [0, 0.1) is 0 Å². The lowest BCUT2D eigenvalue weighted by Crippen LogP contribution is -2.16. The van der Waals surface area contributed by atoms with Gasteiger partial charge in [0, 0.05) is 36.2 Å². The lowest BCUT2D eigenvalue weighted by atomic mass is 10.2. The van der Waals surface area contributed by atoms with Gasteiger partial charge in [0.25, 0.3) is 0 Å². The lowest BCUT2D eigenvalue weighted by molar-refractivity contribution is 0.242. The highest BCUT2D eigenvalue weighted by atomic mass is 16.5. The predicted octanol–water partition coefficient (Wildman–Crippen LogP) is 2.24. The molecule has 0 aromatic heterocycles. The van der Waals surface area contributed by atoms with Crippen LogP contribution in [-0.4, -0.2) is 23.9 Å². The summed E-state index contributed by atoms with van der Waals surface area (Å²) in [4.78, 5) is 0. The molecule has 1 aromatic carbocycles. The Morgan fingerprint density at radius 1 is 1.29 bits per heavy atom. The molecule has 0 saturated carbocycles. The maximum Gasteiger partial charge on any atom is 0.123 e. The maximum atomic E-state index is 8.85. The van der Waals surface area contributed by atoms with Gasteiger partial charge in [0.1, 0.15) is 5.75 Å². The van der Waals surface area contributed by atoms with E-state index in [1.54, 1.807) is 0 Å². The van der Waals surface area contributed by atoms with Gasteiger partial charge in [-0.15, -0.1) is 0 Å². The molecule has 4 nitrogen and oxygen atoms in total. The first-order valence-corrected chi connectivity index (χ1v) is 5.96. The average Bonchev–Trinajstić information content (AvgIpc) is 2.14. The molecular weight excluding hydrogens is 216 g/mol. The second kappa shape index (κ2) is 6.35. The van der Waals surface area contributed by atoms with Crippen LogP contribution in [0.1, 0.15) is 27.2 Å². The summed E-state index contributed by atoms with van der Waals surface area (Å²) in [6, 6.07) is 5.79. The molecule has 0 radical (unpaired) electrons. The number of hydrogen-bond acceptors (Lipinski definition) is 4. The summed E-state index contributed by atoms with van der Waals surface area (Å²) in [7, 11) is 0. The van der Waals surface area contributed by atoms with Crippen LogP contribution in [0.2, 0.25) is 0 Å². The smallest absolute Gasteiger partial charge is 0.123 e. The van der Waals surface area contributed by atoms with Crippen molar-refractivity contribution in [1.82, 2.24) is 0 Å². The second-order valence-corrected chi connectivity index (χ2v) is 4.51. The second-order valence-electron chi connectivity index (χ2n) is 4.51. The molecule has 0 spiro atoms. The molecular formula is C13H22N2O2. The van der Waals surface area contributed by atoms with Crippen LogP contribution in [0.5, 0.6) is 5.75 Å². The molecule has 0 saturated heterocycles. The Morgan fingerprint density at radius 3 is 2.59 bits per heavy atom. The van der Waals surface area contributed by atoms with Crippen LogP contribution >= 0.6 is 0 Å². The van der Waals surface area contributed by atoms with Gasteiger partial charge in [-0.2, -0.15) is 0 Å². The highest BCUT2D eigenvalue weighted by Crippen LogP contribution is 2.24. The molecule has 0 aliphatic carbocycles. The van der Waals surface area contributed by atoms with E-state index in [1.165, 1.54) is 0 Å². The van der Waals surface area contributed by atoms with E-state index in [2.05, 4.69) is 5.32 Å². The van der Waals surface area contributed by atoms with Crippen LogP contribution in [0.25, 0.3) is 0 Å². The third-order valence-electron chi connectivity index (χ3n) is 2.28. The fourth-order valence-corrected chi connectivity index (χ4v) is 1.60. The van der Waals surface area contributed by atoms with E-state index in [4.69, 9.17) is 15.6 Å². The number of rotatable bonds is 6. The fraction of sp³-hybridized carbons (Fsp3) is 0.538. The number of nitrogens with two attached hydrogens (primary N) is 1. The summed E-state index contributed by atoms with van der Waals surface area (Å²) in [5.74, 6) is 0.763. The first kappa shape index (κ1) is 13.6. The molecule has 0 aliphatic heterocycles. The van der Waals surface area contributed by atoms with Crippen molar-refractivity contribution in [2.24, 2.45) is 0 Å². The molecule has 1 unspecified atom stereocenters. The Balaban J connectivity index is 2.74. The van der Waals surface area contributed by atoms with Crippen LogP contribution in [0.4, 0.5) is 11.4 Å². The van der Waals surface area contributed by atoms with E-state index < -0.39 is 0 Å². The number of nitrogens with one attached hydrogen (secondary N) is 1. The van der Waals surface area contributed by atoms with Crippen molar-refractivity contribution in [3.63, 3.8) is 0 Å². The van der Waals surface area contributed by atoms with Crippen molar-refractivity contribution in [1.29, 1.82) is 0 Å². The molecule has 17 heavy (non-hydrogen) atoms. The molecule has 1 atom stereocenters. The summed E-state index contributed by atoms with van der Waals surface area (Å²) < 4.78 is 5.61. The van der Waals surface area contributed by atoms with Crippen molar-refractivity contribution < 1.29 is 9.84 Å². The molecule has 0 bridgehead atoms. The summed E-state index contributed by atoms with van der Waals surface area (Å²) >= 11 is 0. The Morgan fingerprint density at radius 2 is 2.00 bits per heavy atom. The Hall–Kier alpha value is -1.42. The Bertz CT molecular complexity index is 353. The number of nitrogen functional groups attached to an aromatic ring is 1. The first-order valence-electron chi connectivity index (χ1n) is 5.96. The van der Waals surface area contributed by atoms with Gasteiger partial charge in [0.05, 0.1) is 6.10 Å². The van der Waals surface area contributed by atoms with Crippen LogP contribution in [-0.2, 0) is 0 Å². The third-order valence-corrected chi connectivity index (χ3v) is 2.28. The van der Waals surface area contributed by atoms with E-state index in [0.717, 1.165) is 11.4 Å². The fourth-order valence-electron chi connectivity index (χ4n) is 1.60. The van der Waals surface area contributed by atoms with Gasteiger partial charge in [-0.1, -0.05) is 0 Å². The summed E-state index contributed by atoms with van der Waals surface area (Å²) in [5, 5.41) is 12.1. The monoisotopic (exact) mass is 238 g/mol. The molecule has 96 valence electrons. The maximum absolute atomic E-state index is 8.85. The van der Waals surface area contributed by atoms with Gasteiger partial charge in [0.2, 0.25) is 0 Å². The van der Waals surface area contributed by atoms with Crippen molar-refractivity contribution in [3.8, 4) is 5.75 Å². The van der Waals surface area contributed by atoms with E-state index >= 15 is 0 Å². The first-order chi connectivity index (χ1) is 8.01. The van der Waals surface area contributed by atoms with Crippen LogP contribution < -0.4 is 15.8 Å². The number of aliphatic hydroxyl groups is 1. The normalized spacial score (nSPS) is 12.5. The van der Waals surface area contributed by atoms with Crippen LogP contribution in [0.3, 0.4) is 0 Å². The molecule has 0 aliphatic rings.